The van der Waals surface area contributed by atoms with E-state index in [9.17, 15) is 4.79 Å². The Kier molecular flexibility index (Phi) is 4.27. The topological polar surface area (TPSA) is 36.4 Å². The van der Waals surface area contributed by atoms with Gasteiger partial charge in [0.1, 0.15) is 5.01 Å². The molecule has 128 valence electrons. The van der Waals surface area contributed by atoms with Crippen LogP contribution in [0, 0.1) is 0 Å². The Bertz CT molecular complexity index is 887. The summed E-state index contributed by atoms with van der Waals surface area (Å²) >= 11 is 1.70. The molecule has 2 aromatic carbocycles. The standard InChI is InChI=1S/C20H21N3OS/c1-14(20-21-16-8-4-6-10-18(16)25-20)22(2)13-19(24)23-12-11-15-7-3-5-9-17(15)23/h3-10,14H,11-13H2,1-2H3/t14-/m1/s1. The van der Waals surface area contributed by atoms with Crippen LogP contribution in [0.25, 0.3) is 10.2 Å². The van der Waals surface area contributed by atoms with E-state index in [1.165, 1.54) is 10.3 Å². The third-order valence-corrected chi connectivity index (χ3v) is 6.11. The maximum Gasteiger partial charge on any atom is 0.241 e. The molecular formula is C20H21N3OS. The second-order valence-electron chi connectivity index (χ2n) is 6.54. The van der Waals surface area contributed by atoms with Gasteiger partial charge in [-0.05, 0) is 44.2 Å². The Labute approximate surface area is 151 Å². The lowest BCUT2D eigenvalue weighted by Crippen LogP contribution is -2.39. The quantitative estimate of drug-likeness (QED) is 0.716. The number of likely N-dealkylation sites (N-methyl/N-ethyl adjacent to an activating group) is 1. The van der Waals surface area contributed by atoms with E-state index in [4.69, 9.17) is 4.98 Å². The first-order chi connectivity index (χ1) is 12.1. The highest BCUT2D eigenvalue weighted by molar-refractivity contribution is 7.18. The molecule has 0 saturated heterocycles. The average Bonchev–Trinajstić information content (AvgIpc) is 3.24. The van der Waals surface area contributed by atoms with E-state index in [1.807, 2.05) is 48.3 Å². The normalized spacial score (nSPS) is 14.9. The number of nitrogens with zero attached hydrogens (tertiary/aromatic N) is 3. The second-order valence-corrected chi connectivity index (χ2v) is 7.60. The van der Waals surface area contributed by atoms with Gasteiger partial charge in [0, 0.05) is 12.2 Å². The molecule has 25 heavy (non-hydrogen) atoms. The van der Waals surface area contributed by atoms with Gasteiger partial charge in [0.05, 0.1) is 22.8 Å². The summed E-state index contributed by atoms with van der Waals surface area (Å²) in [6.07, 6.45) is 0.944. The Morgan fingerprint density at radius 2 is 2.00 bits per heavy atom. The molecule has 0 N–H and O–H groups in total. The van der Waals surface area contributed by atoms with Crippen LogP contribution in [0.15, 0.2) is 48.5 Å². The Balaban J connectivity index is 1.48. The number of rotatable bonds is 4. The minimum atomic E-state index is 0.110. The van der Waals surface area contributed by atoms with E-state index in [0.29, 0.717) is 6.54 Å². The number of aromatic nitrogens is 1. The number of hydrogen-bond acceptors (Lipinski definition) is 4. The number of carbonyl (C=O) groups excluding carboxylic acids is 1. The number of anilines is 1. The van der Waals surface area contributed by atoms with E-state index in [-0.39, 0.29) is 11.9 Å². The molecule has 0 bridgehead atoms. The third-order valence-electron chi connectivity index (χ3n) is 4.90. The Morgan fingerprint density at radius 3 is 2.84 bits per heavy atom. The van der Waals surface area contributed by atoms with Gasteiger partial charge >= 0.3 is 0 Å². The number of para-hydroxylation sites is 2. The number of thiazole rings is 1. The van der Waals surface area contributed by atoms with Crippen LogP contribution in [0.5, 0.6) is 0 Å². The highest BCUT2D eigenvalue weighted by Crippen LogP contribution is 2.30. The summed E-state index contributed by atoms with van der Waals surface area (Å²) in [5.74, 6) is 0.153. The SMILES string of the molecule is C[C@H](c1nc2ccccc2s1)N(C)CC(=O)N1CCc2ccccc21. The van der Waals surface area contributed by atoms with Crippen LogP contribution in [0.2, 0.25) is 0 Å². The number of benzene rings is 2. The number of fused-ring (bicyclic) bond motifs is 2. The molecule has 1 aliphatic rings. The largest absolute Gasteiger partial charge is 0.311 e. The van der Waals surface area contributed by atoms with Gasteiger partial charge in [-0.25, -0.2) is 4.98 Å². The number of amides is 1. The average molecular weight is 351 g/mol. The van der Waals surface area contributed by atoms with Gasteiger partial charge < -0.3 is 4.90 Å². The molecule has 1 amide bonds. The van der Waals surface area contributed by atoms with Crippen molar-refractivity contribution in [3.63, 3.8) is 0 Å². The first-order valence-corrected chi connectivity index (χ1v) is 9.39. The van der Waals surface area contributed by atoms with Crippen LogP contribution in [0.4, 0.5) is 5.69 Å². The van der Waals surface area contributed by atoms with Crippen LogP contribution in [-0.2, 0) is 11.2 Å². The van der Waals surface area contributed by atoms with Gasteiger partial charge in [-0.2, -0.15) is 0 Å². The fourth-order valence-electron chi connectivity index (χ4n) is 3.29. The van der Waals surface area contributed by atoms with Gasteiger partial charge in [0.15, 0.2) is 0 Å². The summed E-state index contributed by atoms with van der Waals surface area (Å²) in [6, 6.07) is 16.5. The summed E-state index contributed by atoms with van der Waals surface area (Å²) < 4.78 is 1.19. The zero-order chi connectivity index (χ0) is 17.4. The summed E-state index contributed by atoms with van der Waals surface area (Å²) in [5.41, 5.74) is 3.36. The molecule has 5 heteroatoms. The Hall–Kier alpha value is -2.24. The van der Waals surface area contributed by atoms with Crippen molar-refractivity contribution in [3.05, 3.63) is 59.1 Å². The van der Waals surface area contributed by atoms with Crippen molar-refractivity contribution >= 4 is 33.1 Å². The van der Waals surface area contributed by atoms with E-state index >= 15 is 0 Å². The molecule has 1 aliphatic heterocycles. The molecule has 4 nitrogen and oxygen atoms in total. The second kappa shape index (κ2) is 6.58. The first kappa shape index (κ1) is 16.2. The maximum atomic E-state index is 12.8. The maximum absolute atomic E-state index is 12.8. The van der Waals surface area contributed by atoms with Crippen LogP contribution in [0.3, 0.4) is 0 Å². The van der Waals surface area contributed by atoms with Crippen molar-refractivity contribution in [3.8, 4) is 0 Å². The van der Waals surface area contributed by atoms with E-state index < -0.39 is 0 Å². The van der Waals surface area contributed by atoms with Crippen LogP contribution >= 0.6 is 11.3 Å². The molecule has 0 radical (unpaired) electrons. The minimum Gasteiger partial charge on any atom is -0.311 e. The van der Waals surface area contributed by atoms with Crippen LogP contribution < -0.4 is 4.90 Å². The molecule has 0 saturated carbocycles. The van der Waals surface area contributed by atoms with Gasteiger partial charge in [-0.3, -0.25) is 9.69 Å². The molecule has 0 unspecified atom stereocenters. The zero-order valence-corrected chi connectivity index (χ0v) is 15.3. The van der Waals surface area contributed by atoms with E-state index in [1.54, 1.807) is 11.3 Å². The monoisotopic (exact) mass is 351 g/mol. The van der Waals surface area contributed by atoms with Crippen molar-refractivity contribution in [2.75, 3.05) is 25.0 Å². The van der Waals surface area contributed by atoms with Crippen molar-refractivity contribution < 1.29 is 4.79 Å². The van der Waals surface area contributed by atoms with Gasteiger partial charge in [-0.15, -0.1) is 11.3 Å². The third kappa shape index (κ3) is 3.05. The van der Waals surface area contributed by atoms with Crippen molar-refractivity contribution in [1.82, 2.24) is 9.88 Å². The fraction of sp³-hybridized carbons (Fsp3) is 0.300. The summed E-state index contributed by atoms with van der Waals surface area (Å²) in [4.78, 5) is 21.5. The van der Waals surface area contributed by atoms with Crippen molar-refractivity contribution in [2.24, 2.45) is 0 Å². The predicted molar refractivity (Wildman–Crippen MR) is 103 cm³/mol. The summed E-state index contributed by atoms with van der Waals surface area (Å²) in [6.45, 7) is 3.29. The molecular weight excluding hydrogens is 330 g/mol. The lowest BCUT2D eigenvalue weighted by atomic mass is 10.2. The van der Waals surface area contributed by atoms with E-state index in [2.05, 4.69) is 24.0 Å². The van der Waals surface area contributed by atoms with Gasteiger partial charge in [0.25, 0.3) is 0 Å². The molecule has 3 aromatic rings. The molecule has 1 atom stereocenters. The molecule has 0 fully saturated rings. The molecule has 0 aliphatic carbocycles. The number of hydrogen-bond donors (Lipinski definition) is 0. The van der Waals surface area contributed by atoms with Crippen molar-refractivity contribution in [1.29, 1.82) is 0 Å². The Morgan fingerprint density at radius 1 is 1.24 bits per heavy atom. The van der Waals surface area contributed by atoms with Gasteiger partial charge in [-0.1, -0.05) is 30.3 Å². The molecule has 4 rings (SSSR count). The highest BCUT2D eigenvalue weighted by Gasteiger charge is 2.26. The molecule has 0 spiro atoms. The zero-order valence-electron chi connectivity index (χ0n) is 14.5. The first-order valence-electron chi connectivity index (χ1n) is 8.57. The fourth-order valence-corrected chi connectivity index (χ4v) is 4.37. The van der Waals surface area contributed by atoms with Gasteiger partial charge in [0.2, 0.25) is 5.91 Å². The minimum absolute atomic E-state index is 0.110. The molecule has 2 heterocycles. The summed E-state index contributed by atoms with van der Waals surface area (Å²) in [7, 11) is 2.00. The van der Waals surface area contributed by atoms with E-state index in [0.717, 1.165) is 29.2 Å². The van der Waals surface area contributed by atoms with Crippen LogP contribution in [-0.4, -0.2) is 35.9 Å². The number of carbonyl (C=O) groups is 1. The highest BCUT2D eigenvalue weighted by atomic mass is 32.1. The predicted octanol–water partition coefficient (Wildman–Crippen LogP) is 3.88. The summed E-state index contributed by atoms with van der Waals surface area (Å²) in [5, 5.41) is 1.05. The smallest absolute Gasteiger partial charge is 0.241 e. The molecule has 1 aromatic heterocycles. The lowest BCUT2D eigenvalue weighted by Gasteiger charge is -2.25. The van der Waals surface area contributed by atoms with Crippen LogP contribution in [0.1, 0.15) is 23.5 Å². The van der Waals surface area contributed by atoms with Crippen molar-refractivity contribution in [2.45, 2.75) is 19.4 Å². The lowest BCUT2D eigenvalue weighted by molar-refractivity contribution is -0.119.